The summed E-state index contributed by atoms with van der Waals surface area (Å²) in [4.78, 5) is 0. The van der Waals surface area contributed by atoms with Crippen LogP contribution in [-0.4, -0.2) is 7.11 Å². The van der Waals surface area contributed by atoms with E-state index in [1.54, 1.807) is 7.11 Å². The lowest BCUT2D eigenvalue weighted by Crippen LogP contribution is -2.14. The molecule has 0 aliphatic rings. The monoisotopic (exact) mass is 275 g/mol. The van der Waals surface area contributed by atoms with Gasteiger partial charge in [0.1, 0.15) is 5.75 Å². The summed E-state index contributed by atoms with van der Waals surface area (Å²) in [7, 11) is 1.66. The van der Waals surface area contributed by atoms with Gasteiger partial charge in [0, 0.05) is 10.6 Å². The predicted octanol–water partition coefficient (Wildman–Crippen LogP) is 4.01. The molecule has 2 aromatic carbocycles. The molecule has 19 heavy (non-hydrogen) atoms. The Morgan fingerprint density at radius 1 is 1.11 bits per heavy atom. The lowest BCUT2D eigenvalue weighted by molar-refractivity contribution is 0.407. The third-order valence-electron chi connectivity index (χ3n) is 3.36. The maximum atomic E-state index is 6.39. The van der Waals surface area contributed by atoms with Crippen molar-refractivity contribution in [1.82, 2.24) is 0 Å². The maximum absolute atomic E-state index is 6.39. The molecule has 0 radical (unpaired) electrons. The minimum absolute atomic E-state index is 0.242. The zero-order chi connectivity index (χ0) is 14.0. The highest BCUT2D eigenvalue weighted by molar-refractivity contribution is 6.31. The quantitative estimate of drug-likeness (QED) is 0.918. The van der Waals surface area contributed by atoms with E-state index in [1.807, 2.05) is 44.2 Å². The first-order chi connectivity index (χ1) is 9.04. The van der Waals surface area contributed by atoms with Crippen molar-refractivity contribution >= 4 is 11.6 Å². The van der Waals surface area contributed by atoms with Gasteiger partial charge in [0.25, 0.3) is 0 Å². The second-order valence-corrected chi connectivity index (χ2v) is 5.08. The van der Waals surface area contributed by atoms with Crippen LogP contribution in [0.25, 0.3) is 0 Å². The molecule has 0 bridgehead atoms. The van der Waals surface area contributed by atoms with Crippen LogP contribution in [0.4, 0.5) is 0 Å². The zero-order valence-electron chi connectivity index (χ0n) is 11.4. The summed E-state index contributed by atoms with van der Waals surface area (Å²) in [5, 5.41) is 0.736. The summed E-state index contributed by atoms with van der Waals surface area (Å²) in [6.07, 6.45) is 0. The Morgan fingerprint density at radius 3 is 2.53 bits per heavy atom. The lowest BCUT2D eigenvalue weighted by atomic mass is 9.94. The fourth-order valence-corrected chi connectivity index (χ4v) is 2.41. The van der Waals surface area contributed by atoms with Crippen molar-refractivity contribution in [3.8, 4) is 5.75 Å². The van der Waals surface area contributed by atoms with Gasteiger partial charge in [-0.3, -0.25) is 0 Å². The minimum Gasteiger partial charge on any atom is -0.496 e. The van der Waals surface area contributed by atoms with E-state index in [4.69, 9.17) is 22.1 Å². The summed E-state index contributed by atoms with van der Waals surface area (Å²) < 4.78 is 5.40. The molecule has 1 unspecified atom stereocenters. The molecule has 0 saturated carbocycles. The smallest absolute Gasteiger partial charge is 0.123 e. The minimum atomic E-state index is -0.242. The van der Waals surface area contributed by atoms with Gasteiger partial charge in [-0.25, -0.2) is 0 Å². The van der Waals surface area contributed by atoms with Crippen LogP contribution in [-0.2, 0) is 0 Å². The number of aryl methyl sites for hydroxylation is 1. The molecule has 0 saturated heterocycles. The van der Waals surface area contributed by atoms with E-state index in [2.05, 4.69) is 6.07 Å². The highest BCUT2D eigenvalue weighted by atomic mass is 35.5. The van der Waals surface area contributed by atoms with Crippen LogP contribution in [0.2, 0.25) is 5.02 Å². The molecule has 1 atom stereocenters. The molecule has 0 spiro atoms. The normalized spacial score (nSPS) is 12.3. The van der Waals surface area contributed by atoms with Gasteiger partial charge in [-0.2, -0.15) is 0 Å². The number of hydrogen-bond donors (Lipinski definition) is 1. The summed E-state index contributed by atoms with van der Waals surface area (Å²) in [5.41, 5.74) is 10.6. The molecular weight excluding hydrogens is 258 g/mol. The molecule has 0 aromatic heterocycles. The summed E-state index contributed by atoms with van der Waals surface area (Å²) in [5.74, 6) is 0.803. The van der Waals surface area contributed by atoms with Crippen molar-refractivity contribution in [2.75, 3.05) is 7.11 Å². The summed E-state index contributed by atoms with van der Waals surface area (Å²) in [6.45, 7) is 4.03. The molecule has 2 rings (SSSR count). The van der Waals surface area contributed by atoms with Gasteiger partial charge < -0.3 is 10.5 Å². The SMILES string of the molecule is COc1ccc(C)cc1C(N)c1cccc(Cl)c1C. The van der Waals surface area contributed by atoms with E-state index in [0.717, 1.165) is 33.0 Å². The number of ether oxygens (including phenoxy) is 1. The van der Waals surface area contributed by atoms with Crippen LogP contribution >= 0.6 is 11.6 Å². The number of methoxy groups -OCH3 is 1. The molecular formula is C16H18ClNO. The van der Waals surface area contributed by atoms with Gasteiger partial charge in [-0.15, -0.1) is 0 Å². The Kier molecular flexibility index (Phi) is 4.13. The van der Waals surface area contributed by atoms with E-state index < -0.39 is 0 Å². The number of rotatable bonds is 3. The molecule has 0 aliphatic heterocycles. The summed E-state index contributed by atoms with van der Waals surface area (Å²) >= 11 is 6.16. The predicted molar refractivity (Wildman–Crippen MR) is 80.0 cm³/mol. The van der Waals surface area contributed by atoms with Crippen molar-refractivity contribution < 1.29 is 4.74 Å². The van der Waals surface area contributed by atoms with Crippen LogP contribution in [0.1, 0.15) is 28.3 Å². The summed E-state index contributed by atoms with van der Waals surface area (Å²) in [6, 6.07) is 11.6. The topological polar surface area (TPSA) is 35.2 Å². The Balaban J connectivity index is 2.52. The maximum Gasteiger partial charge on any atom is 0.123 e. The van der Waals surface area contributed by atoms with Crippen LogP contribution in [0, 0.1) is 13.8 Å². The van der Waals surface area contributed by atoms with Crippen molar-refractivity contribution in [2.45, 2.75) is 19.9 Å². The Hall–Kier alpha value is -1.51. The molecule has 0 aliphatic carbocycles. The van der Waals surface area contributed by atoms with E-state index in [0.29, 0.717) is 0 Å². The van der Waals surface area contributed by atoms with E-state index in [-0.39, 0.29) is 6.04 Å². The van der Waals surface area contributed by atoms with E-state index >= 15 is 0 Å². The average Bonchev–Trinajstić information content (AvgIpc) is 2.41. The second-order valence-electron chi connectivity index (χ2n) is 4.68. The molecule has 2 aromatic rings. The zero-order valence-corrected chi connectivity index (χ0v) is 12.2. The molecule has 2 nitrogen and oxygen atoms in total. The molecule has 100 valence electrons. The van der Waals surface area contributed by atoms with Gasteiger partial charge in [-0.05, 0) is 37.1 Å². The molecule has 2 N–H and O–H groups in total. The van der Waals surface area contributed by atoms with Crippen molar-refractivity contribution in [3.63, 3.8) is 0 Å². The largest absolute Gasteiger partial charge is 0.496 e. The first kappa shape index (κ1) is 13.9. The standard InChI is InChI=1S/C16H18ClNO/c1-10-7-8-15(19-3)13(9-10)16(18)12-5-4-6-14(17)11(12)2/h4-9,16H,18H2,1-3H3. The Bertz CT molecular complexity index is 595. The van der Waals surface area contributed by atoms with Gasteiger partial charge in [-0.1, -0.05) is 41.4 Å². The third kappa shape index (κ3) is 2.75. The lowest BCUT2D eigenvalue weighted by Gasteiger charge is -2.19. The van der Waals surface area contributed by atoms with Crippen LogP contribution in [0.15, 0.2) is 36.4 Å². The van der Waals surface area contributed by atoms with Crippen LogP contribution in [0.5, 0.6) is 5.75 Å². The number of nitrogens with two attached hydrogens (primary N) is 1. The van der Waals surface area contributed by atoms with E-state index in [9.17, 15) is 0 Å². The fraction of sp³-hybridized carbons (Fsp3) is 0.250. The molecule has 3 heteroatoms. The van der Waals surface area contributed by atoms with E-state index in [1.165, 1.54) is 0 Å². The van der Waals surface area contributed by atoms with Crippen molar-refractivity contribution in [1.29, 1.82) is 0 Å². The average molecular weight is 276 g/mol. The molecule has 0 amide bonds. The second kappa shape index (κ2) is 5.64. The van der Waals surface area contributed by atoms with Gasteiger partial charge in [0.15, 0.2) is 0 Å². The van der Waals surface area contributed by atoms with Gasteiger partial charge in [0.2, 0.25) is 0 Å². The third-order valence-corrected chi connectivity index (χ3v) is 3.77. The van der Waals surface area contributed by atoms with Crippen LogP contribution in [0.3, 0.4) is 0 Å². The van der Waals surface area contributed by atoms with Gasteiger partial charge in [0.05, 0.1) is 13.2 Å². The highest BCUT2D eigenvalue weighted by Gasteiger charge is 2.17. The Labute approximate surface area is 119 Å². The number of halogens is 1. The number of benzene rings is 2. The molecule has 0 heterocycles. The van der Waals surface area contributed by atoms with Crippen molar-refractivity contribution in [2.24, 2.45) is 5.73 Å². The Morgan fingerprint density at radius 2 is 1.84 bits per heavy atom. The van der Waals surface area contributed by atoms with Gasteiger partial charge >= 0.3 is 0 Å². The van der Waals surface area contributed by atoms with Crippen molar-refractivity contribution in [3.05, 3.63) is 63.7 Å². The molecule has 0 fully saturated rings. The first-order valence-corrected chi connectivity index (χ1v) is 6.57. The fourth-order valence-electron chi connectivity index (χ4n) is 2.23. The number of hydrogen-bond acceptors (Lipinski definition) is 2. The highest BCUT2D eigenvalue weighted by Crippen LogP contribution is 2.32. The van der Waals surface area contributed by atoms with Crippen LogP contribution < -0.4 is 10.5 Å². The first-order valence-electron chi connectivity index (χ1n) is 6.19.